The number of anilines is 1. The quantitative estimate of drug-likeness (QED) is 0.419. The van der Waals surface area contributed by atoms with Gasteiger partial charge in [-0.1, -0.05) is 48.0 Å². The summed E-state index contributed by atoms with van der Waals surface area (Å²) < 4.78 is 0. The zero-order chi connectivity index (χ0) is 21.0. The number of nitro benzene ring substituents is 2. The molecule has 0 radical (unpaired) electrons. The molecule has 0 atom stereocenters. The normalized spacial score (nSPS) is 10.4. The molecule has 3 rings (SSSR count). The van der Waals surface area contributed by atoms with E-state index in [9.17, 15) is 25.0 Å². The zero-order valence-electron chi connectivity index (χ0n) is 14.9. The van der Waals surface area contributed by atoms with Crippen molar-refractivity contribution in [3.05, 3.63) is 109 Å². The number of nitrogens with zero attached hydrogens (tertiary/aromatic N) is 3. The highest BCUT2D eigenvalue weighted by atomic mass is 35.5. The number of benzene rings is 3. The van der Waals surface area contributed by atoms with Gasteiger partial charge in [-0.3, -0.25) is 25.0 Å². The Labute approximate surface area is 170 Å². The molecule has 8 nitrogen and oxygen atoms in total. The van der Waals surface area contributed by atoms with Crippen LogP contribution in [0.4, 0.5) is 17.1 Å². The van der Waals surface area contributed by atoms with Gasteiger partial charge in [0.2, 0.25) is 0 Å². The van der Waals surface area contributed by atoms with Crippen molar-refractivity contribution in [2.75, 3.05) is 4.90 Å². The van der Waals surface area contributed by atoms with Gasteiger partial charge in [0, 0.05) is 24.3 Å². The molecule has 0 aromatic heterocycles. The van der Waals surface area contributed by atoms with Gasteiger partial charge in [-0.15, -0.1) is 0 Å². The summed E-state index contributed by atoms with van der Waals surface area (Å²) in [5.41, 5.74) is 0.757. The van der Waals surface area contributed by atoms with E-state index in [1.165, 1.54) is 35.2 Å². The van der Waals surface area contributed by atoms with E-state index >= 15 is 0 Å². The first-order valence-electron chi connectivity index (χ1n) is 8.41. The van der Waals surface area contributed by atoms with E-state index in [1.54, 1.807) is 6.07 Å². The van der Waals surface area contributed by atoms with Crippen molar-refractivity contribution in [1.82, 2.24) is 0 Å². The van der Waals surface area contributed by atoms with Gasteiger partial charge >= 0.3 is 0 Å². The fourth-order valence-electron chi connectivity index (χ4n) is 2.76. The number of carbonyl (C=O) groups is 1. The van der Waals surface area contributed by atoms with Crippen molar-refractivity contribution in [2.24, 2.45) is 0 Å². The summed E-state index contributed by atoms with van der Waals surface area (Å²) in [7, 11) is 0. The van der Waals surface area contributed by atoms with Gasteiger partial charge in [0.15, 0.2) is 0 Å². The van der Waals surface area contributed by atoms with Crippen LogP contribution >= 0.6 is 11.6 Å². The first kappa shape index (κ1) is 20.0. The molecule has 0 aliphatic heterocycles. The maximum absolute atomic E-state index is 13.2. The summed E-state index contributed by atoms with van der Waals surface area (Å²) in [6, 6.07) is 18.3. The van der Waals surface area contributed by atoms with Gasteiger partial charge in [-0.25, -0.2) is 0 Å². The monoisotopic (exact) mass is 411 g/mol. The third-order valence-corrected chi connectivity index (χ3v) is 4.49. The van der Waals surface area contributed by atoms with E-state index in [0.29, 0.717) is 5.69 Å². The predicted octanol–water partition coefficient (Wildman–Crippen LogP) is 5.00. The van der Waals surface area contributed by atoms with Crippen molar-refractivity contribution in [3.63, 3.8) is 0 Å². The molecule has 0 saturated heterocycles. The SMILES string of the molecule is O=C(c1ccc([N+](=O)[O-])cc1Cl)N(Cc1ccccc1)c1cccc([N+](=O)[O-])c1. The number of carbonyl (C=O) groups excluding carboxylic acids is 1. The molecule has 9 heteroatoms. The van der Waals surface area contributed by atoms with Crippen LogP contribution in [-0.4, -0.2) is 15.8 Å². The molecule has 0 N–H and O–H groups in total. The molecule has 0 spiro atoms. The second-order valence-corrected chi connectivity index (χ2v) is 6.48. The molecule has 0 fully saturated rings. The Kier molecular flexibility index (Phi) is 5.85. The lowest BCUT2D eigenvalue weighted by molar-refractivity contribution is -0.385. The maximum atomic E-state index is 13.2. The van der Waals surface area contributed by atoms with Crippen molar-refractivity contribution < 1.29 is 14.6 Å². The molecule has 0 heterocycles. The molecule has 0 unspecified atom stereocenters. The first-order chi connectivity index (χ1) is 13.9. The Morgan fingerprint density at radius 2 is 1.52 bits per heavy atom. The highest BCUT2D eigenvalue weighted by Crippen LogP contribution is 2.28. The van der Waals surface area contributed by atoms with Crippen molar-refractivity contribution >= 4 is 34.6 Å². The van der Waals surface area contributed by atoms with Crippen molar-refractivity contribution in [1.29, 1.82) is 0 Å². The van der Waals surface area contributed by atoms with Gasteiger partial charge < -0.3 is 4.90 Å². The average Bonchev–Trinajstić information content (AvgIpc) is 2.72. The molecular weight excluding hydrogens is 398 g/mol. The Bertz CT molecular complexity index is 1090. The van der Waals surface area contributed by atoms with Crippen LogP contribution in [0.25, 0.3) is 0 Å². The van der Waals surface area contributed by atoms with E-state index in [2.05, 4.69) is 0 Å². The lowest BCUT2D eigenvalue weighted by Gasteiger charge is -2.23. The van der Waals surface area contributed by atoms with Crippen LogP contribution in [0.1, 0.15) is 15.9 Å². The summed E-state index contributed by atoms with van der Waals surface area (Å²) in [6.07, 6.45) is 0. The van der Waals surface area contributed by atoms with Crippen molar-refractivity contribution in [3.8, 4) is 0 Å². The van der Waals surface area contributed by atoms with Crippen LogP contribution in [0.5, 0.6) is 0 Å². The standard InChI is InChI=1S/C20H14ClN3O5/c21-19-12-17(24(28)29)9-10-18(19)20(25)22(13-14-5-2-1-3-6-14)15-7-4-8-16(11-15)23(26)27/h1-12H,13H2. The molecule has 0 aliphatic rings. The number of amides is 1. The summed E-state index contributed by atoms with van der Waals surface area (Å²) in [5.74, 6) is -0.533. The Morgan fingerprint density at radius 3 is 2.14 bits per heavy atom. The highest BCUT2D eigenvalue weighted by molar-refractivity contribution is 6.34. The van der Waals surface area contributed by atoms with Crippen LogP contribution in [0.2, 0.25) is 5.02 Å². The van der Waals surface area contributed by atoms with Crippen LogP contribution < -0.4 is 4.90 Å². The molecule has 146 valence electrons. The predicted molar refractivity (Wildman–Crippen MR) is 108 cm³/mol. The van der Waals surface area contributed by atoms with Gasteiger partial charge in [-0.05, 0) is 17.7 Å². The van der Waals surface area contributed by atoms with Gasteiger partial charge in [-0.2, -0.15) is 0 Å². The number of halogens is 1. The highest BCUT2D eigenvalue weighted by Gasteiger charge is 2.23. The number of hydrogen-bond acceptors (Lipinski definition) is 5. The third kappa shape index (κ3) is 4.56. The molecule has 0 aliphatic carbocycles. The van der Waals surface area contributed by atoms with E-state index in [-0.39, 0.29) is 28.5 Å². The molecule has 0 bridgehead atoms. The van der Waals surface area contributed by atoms with Crippen molar-refractivity contribution in [2.45, 2.75) is 6.54 Å². The first-order valence-corrected chi connectivity index (χ1v) is 8.79. The van der Waals surface area contributed by atoms with E-state index in [0.717, 1.165) is 11.6 Å². The zero-order valence-corrected chi connectivity index (χ0v) is 15.7. The fraction of sp³-hybridized carbons (Fsp3) is 0.0500. The smallest absolute Gasteiger partial charge is 0.271 e. The molecule has 0 saturated carbocycles. The van der Waals surface area contributed by atoms with Crippen LogP contribution in [0.15, 0.2) is 72.8 Å². The Balaban J connectivity index is 2.05. The summed E-state index contributed by atoms with van der Waals surface area (Å²) in [5, 5.41) is 22.0. The summed E-state index contributed by atoms with van der Waals surface area (Å²) in [4.78, 5) is 35.5. The van der Waals surface area contributed by atoms with Gasteiger partial charge in [0.1, 0.15) is 0 Å². The molecule has 3 aromatic rings. The molecule has 1 amide bonds. The lowest BCUT2D eigenvalue weighted by atomic mass is 10.1. The topological polar surface area (TPSA) is 107 Å². The number of nitro groups is 2. The number of hydrogen-bond donors (Lipinski definition) is 0. The Morgan fingerprint density at radius 1 is 0.862 bits per heavy atom. The van der Waals surface area contributed by atoms with E-state index < -0.39 is 15.8 Å². The lowest BCUT2D eigenvalue weighted by Crippen LogP contribution is -2.30. The minimum atomic E-state index is -0.609. The number of rotatable bonds is 6. The Hall–Kier alpha value is -3.78. The summed E-state index contributed by atoms with van der Waals surface area (Å²) in [6.45, 7) is 0.133. The molecular formula is C20H14ClN3O5. The minimum Gasteiger partial charge on any atom is -0.304 e. The fourth-order valence-corrected chi connectivity index (χ4v) is 3.01. The largest absolute Gasteiger partial charge is 0.304 e. The third-order valence-electron chi connectivity index (χ3n) is 4.17. The minimum absolute atomic E-state index is 0.0553. The maximum Gasteiger partial charge on any atom is 0.271 e. The second-order valence-electron chi connectivity index (χ2n) is 6.08. The number of non-ortho nitro benzene ring substituents is 2. The molecule has 29 heavy (non-hydrogen) atoms. The van der Waals surface area contributed by atoms with Crippen LogP contribution in [-0.2, 0) is 6.54 Å². The molecule has 3 aromatic carbocycles. The van der Waals surface area contributed by atoms with Gasteiger partial charge in [0.05, 0.1) is 32.7 Å². The van der Waals surface area contributed by atoms with Crippen LogP contribution in [0.3, 0.4) is 0 Å². The second kappa shape index (κ2) is 8.49. The van der Waals surface area contributed by atoms with Crippen LogP contribution in [0, 0.1) is 20.2 Å². The average molecular weight is 412 g/mol. The van der Waals surface area contributed by atoms with E-state index in [4.69, 9.17) is 11.6 Å². The van der Waals surface area contributed by atoms with Gasteiger partial charge in [0.25, 0.3) is 17.3 Å². The summed E-state index contributed by atoms with van der Waals surface area (Å²) >= 11 is 6.12. The van der Waals surface area contributed by atoms with E-state index in [1.807, 2.05) is 30.3 Å².